The van der Waals surface area contributed by atoms with E-state index in [1.165, 1.54) is 63.8 Å². The Labute approximate surface area is 269 Å². The second-order valence-electron chi connectivity index (χ2n) is 9.82. The maximum atomic E-state index is 13.5. The summed E-state index contributed by atoms with van der Waals surface area (Å²) in [5, 5.41) is 17.0. The number of anilines is 2. The number of sulfonamides is 1. The zero-order chi connectivity index (χ0) is 34.3. The van der Waals surface area contributed by atoms with Gasteiger partial charge in [0.25, 0.3) is 27.5 Å². The van der Waals surface area contributed by atoms with Crippen molar-refractivity contribution < 1.29 is 37.1 Å². The van der Waals surface area contributed by atoms with Crippen molar-refractivity contribution in [3.05, 3.63) is 105 Å². The van der Waals surface area contributed by atoms with Crippen molar-refractivity contribution in [3.63, 3.8) is 0 Å². The molecule has 0 saturated carbocycles. The molecule has 0 aliphatic heterocycles. The smallest absolute Gasteiger partial charge is 0.280 e. The van der Waals surface area contributed by atoms with Crippen LogP contribution in [0.5, 0.6) is 17.2 Å². The molecule has 16 heteroatoms. The Morgan fingerprint density at radius 3 is 2.00 bits per heavy atom. The standard InChI is InChI=1S/C31H30N6O9S/c1-18-14-19(2)33-31(32-18)36-47(42,43)24-12-8-22(9-13-24)34-30(39)25(35-29(38)20-6-10-23(44-3)11-7-20)15-21-16-27(45-4)28(46-5)17-26(21)37(40)41/h6-17H,1-5H3,(H,34,39)(H,35,38)(H,32,33,36)/b25-15-. The molecule has 0 saturated heterocycles. The van der Waals surface area contributed by atoms with Gasteiger partial charge in [-0.1, -0.05) is 0 Å². The van der Waals surface area contributed by atoms with E-state index in [1.807, 2.05) is 0 Å². The summed E-state index contributed by atoms with van der Waals surface area (Å²) in [6.07, 6.45) is 1.11. The molecule has 0 fully saturated rings. The van der Waals surface area contributed by atoms with Crippen LogP contribution in [-0.2, 0) is 14.8 Å². The van der Waals surface area contributed by atoms with E-state index in [0.717, 1.165) is 12.1 Å². The molecule has 0 spiro atoms. The number of aryl methyl sites for hydroxylation is 2. The van der Waals surface area contributed by atoms with Crippen molar-refractivity contribution in [1.82, 2.24) is 15.3 Å². The van der Waals surface area contributed by atoms with Gasteiger partial charge >= 0.3 is 0 Å². The van der Waals surface area contributed by atoms with Crippen molar-refractivity contribution in [2.75, 3.05) is 31.4 Å². The van der Waals surface area contributed by atoms with Gasteiger partial charge in [-0.05, 0) is 80.6 Å². The predicted octanol–water partition coefficient (Wildman–Crippen LogP) is 4.24. The lowest BCUT2D eigenvalue weighted by molar-refractivity contribution is -0.385. The number of nitro groups is 1. The number of nitro benzene ring substituents is 1. The third-order valence-electron chi connectivity index (χ3n) is 6.50. The summed E-state index contributed by atoms with van der Waals surface area (Å²) in [5.74, 6) is -0.934. The highest BCUT2D eigenvalue weighted by molar-refractivity contribution is 7.92. The molecular weight excluding hydrogens is 632 g/mol. The van der Waals surface area contributed by atoms with Gasteiger partial charge < -0.3 is 24.8 Å². The van der Waals surface area contributed by atoms with Crippen LogP contribution in [0, 0.1) is 24.0 Å². The van der Waals surface area contributed by atoms with Crippen molar-refractivity contribution in [2.45, 2.75) is 18.7 Å². The SMILES string of the molecule is COc1ccc(C(=O)N/C(=C\c2cc(OC)c(OC)cc2[N+](=O)[O-])C(=O)Nc2ccc(S(=O)(=O)Nc3nc(C)cc(C)n3)cc2)cc1. The first-order valence-corrected chi connectivity index (χ1v) is 15.2. The normalized spacial score (nSPS) is 11.3. The van der Waals surface area contributed by atoms with E-state index in [2.05, 4.69) is 25.3 Å². The molecule has 3 aromatic carbocycles. The van der Waals surface area contributed by atoms with Crippen LogP contribution in [-0.4, -0.2) is 56.5 Å². The summed E-state index contributed by atoms with van der Waals surface area (Å²) in [6.45, 7) is 3.41. The third kappa shape index (κ3) is 8.37. The molecule has 4 rings (SSSR count). The first-order valence-electron chi connectivity index (χ1n) is 13.7. The van der Waals surface area contributed by atoms with Crippen LogP contribution in [0.15, 0.2) is 77.3 Å². The summed E-state index contributed by atoms with van der Waals surface area (Å²) >= 11 is 0. The van der Waals surface area contributed by atoms with E-state index in [1.54, 1.807) is 32.0 Å². The van der Waals surface area contributed by atoms with Crippen LogP contribution in [0.25, 0.3) is 6.08 Å². The molecule has 4 aromatic rings. The highest BCUT2D eigenvalue weighted by Gasteiger charge is 2.23. The Morgan fingerprint density at radius 2 is 1.45 bits per heavy atom. The van der Waals surface area contributed by atoms with E-state index in [9.17, 15) is 28.1 Å². The zero-order valence-corrected chi connectivity index (χ0v) is 26.7. The van der Waals surface area contributed by atoms with E-state index in [4.69, 9.17) is 14.2 Å². The Balaban J connectivity index is 1.66. The predicted molar refractivity (Wildman–Crippen MR) is 172 cm³/mol. The van der Waals surface area contributed by atoms with Crippen LogP contribution < -0.4 is 29.6 Å². The number of hydrogen-bond donors (Lipinski definition) is 3. The van der Waals surface area contributed by atoms with Crippen LogP contribution >= 0.6 is 0 Å². The van der Waals surface area contributed by atoms with E-state index in [0.29, 0.717) is 17.1 Å². The van der Waals surface area contributed by atoms with Crippen LogP contribution in [0.2, 0.25) is 0 Å². The highest BCUT2D eigenvalue weighted by Crippen LogP contribution is 2.35. The van der Waals surface area contributed by atoms with Gasteiger partial charge in [-0.25, -0.2) is 23.1 Å². The largest absolute Gasteiger partial charge is 0.497 e. The van der Waals surface area contributed by atoms with Gasteiger partial charge in [0.1, 0.15) is 11.4 Å². The molecule has 1 aromatic heterocycles. The number of nitrogens with zero attached hydrogens (tertiary/aromatic N) is 3. The van der Waals surface area contributed by atoms with E-state index >= 15 is 0 Å². The van der Waals surface area contributed by atoms with Gasteiger partial charge in [-0.15, -0.1) is 0 Å². The Bertz CT molecular complexity index is 1940. The van der Waals surface area contributed by atoms with E-state index < -0.39 is 32.4 Å². The molecule has 0 aliphatic carbocycles. The lowest BCUT2D eigenvalue weighted by Gasteiger charge is -2.13. The summed E-state index contributed by atoms with van der Waals surface area (Å²) in [6, 6.07) is 15.3. The summed E-state index contributed by atoms with van der Waals surface area (Å²) < 4.78 is 43.7. The van der Waals surface area contributed by atoms with Crippen LogP contribution in [0.1, 0.15) is 27.3 Å². The van der Waals surface area contributed by atoms with Crippen molar-refractivity contribution >= 4 is 45.2 Å². The second-order valence-corrected chi connectivity index (χ2v) is 11.5. The minimum atomic E-state index is -4.08. The number of carbonyl (C=O) groups is 2. The number of nitrogens with one attached hydrogen (secondary N) is 3. The maximum absolute atomic E-state index is 13.5. The Kier molecular flexibility index (Phi) is 10.4. The highest BCUT2D eigenvalue weighted by atomic mass is 32.2. The first kappa shape index (κ1) is 33.9. The summed E-state index contributed by atoms with van der Waals surface area (Å²) in [5.41, 5.74) is 0.607. The average Bonchev–Trinajstić information content (AvgIpc) is 3.03. The van der Waals surface area contributed by atoms with Crippen molar-refractivity contribution in [2.24, 2.45) is 0 Å². The molecule has 0 bridgehead atoms. The topological polar surface area (TPSA) is 201 Å². The molecule has 0 radical (unpaired) electrons. The number of rotatable bonds is 12. The van der Waals surface area contributed by atoms with Gasteiger partial charge in [0.2, 0.25) is 5.95 Å². The molecule has 0 aliphatic rings. The number of amides is 2. The number of methoxy groups -OCH3 is 3. The first-order chi connectivity index (χ1) is 22.3. The lowest BCUT2D eigenvalue weighted by Crippen LogP contribution is -2.30. The van der Waals surface area contributed by atoms with Crippen LogP contribution in [0.4, 0.5) is 17.3 Å². The molecule has 2 amide bonds. The quantitative estimate of drug-likeness (QED) is 0.111. The molecule has 15 nitrogen and oxygen atoms in total. The minimum absolute atomic E-state index is 0.0750. The van der Waals surface area contributed by atoms with Crippen LogP contribution in [0.3, 0.4) is 0 Å². The average molecular weight is 663 g/mol. The van der Waals surface area contributed by atoms with Crippen molar-refractivity contribution in [3.8, 4) is 17.2 Å². The van der Waals surface area contributed by atoms with E-state index in [-0.39, 0.29) is 44.9 Å². The Morgan fingerprint density at radius 1 is 0.851 bits per heavy atom. The van der Waals surface area contributed by atoms with Gasteiger partial charge in [0.05, 0.1) is 42.8 Å². The van der Waals surface area contributed by atoms with Gasteiger partial charge in [-0.3, -0.25) is 19.7 Å². The number of carbonyl (C=O) groups excluding carboxylic acids is 2. The second kappa shape index (κ2) is 14.4. The molecule has 244 valence electrons. The molecule has 47 heavy (non-hydrogen) atoms. The zero-order valence-electron chi connectivity index (χ0n) is 25.9. The summed E-state index contributed by atoms with van der Waals surface area (Å²) in [4.78, 5) is 46.0. The van der Waals surface area contributed by atoms with Crippen molar-refractivity contribution in [1.29, 1.82) is 0 Å². The lowest BCUT2D eigenvalue weighted by atomic mass is 10.1. The minimum Gasteiger partial charge on any atom is -0.497 e. The fourth-order valence-electron chi connectivity index (χ4n) is 4.28. The molecule has 3 N–H and O–H groups in total. The monoisotopic (exact) mass is 662 g/mol. The molecule has 0 unspecified atom stereocenters. The third-order valence-corrected chi connectivity index (χ3v) is 7.85. The molecule has 0 atom stereocenters. The fourth-order valence-corrected chi connectivity index (χ4v) is 5.22. The number of aromatic nitrogens is 2. The number of benzene rings is 3. The van der Waals surface area contributed by atoms with Gasteiger partial charge in [0.15, 0.2) is 11.5 Å². The fraction of sp³-hybridized carbons (Fsp3) is 0.161. The number of ether oxygens (including phenoxy) is 3. The van der Waals surface area contributed by atoms with Gasteiger partial charge in [0, 0.05) is 22.6 Å². The van der Waals surface area contributed by atoms with Gasteiger partial charge in [-0.2, -0.15) is 0 Å². The number of hydrogen-bond acceptors (Lipinski definition) is 11. The Hall–Kier alpha value is -6.03. The molecule has 1 heterocycles. The summed E-state index contributed by atoms with van der Waals surface area (Å²) in [7, 11) is 0.0417. The maximum Gasteiger partial charge on any atom is 0.280 e. The molecular formula is C31H30N6O9S.